The molecule has 0 amide bonds. The average molecular weight is 274 g/mol. The quantitative estimate of drug-likeness (QED) is 0.810. The highest BCUT2D eigenvalue weighted by Gasteiger charge is 2.27. The molecule has 1 rings (SSSR count). The monoisotopic (exact) mass is 274 g/mol. The van der Waals surface area contributed by atoms with Gasteiger partial charge in [-0.15, -0.1) is 0 Å². The fraction of sp³-hybridized carbons (Fsp3) is 0.545. The van der Waals surface area contributed by atoms with Gasteiger partial charge in [0.2, 0.25) is 10.0 Å². The molecule has 6 nitrogen and oxygen atoms in total. The molecule has 0 unspecified atom stereocenters. The molecule has 102 valence electrons. The Balaban J connectivity index is 3.20. The molecule has 0 radical (unpaired) electrons. The van der Waals surface area contributed by atoms with Crippen molar-refractivity contribution in [3.05, 3.63) is 17.5 Å². The number of nitrogens with one attached hydrogen (secondary N) is 2. The van der Waals surface area contributed by atoms with E-state index in [9.17, 15) is 13.2 Å². The summed E-state index contributed by atoms with van der Waals surface area (Å²) < 4.78 is 31.3. The van der Waals surface area contributed by atoms with Crippen molar-refractivity contribution >= 4 is 16.0 Å². The molecule has 0 saturated heterocycles. The maximum atomic E-state index is 12.1. The van der Waals surface area contributed by atoms with Crippen LogP contribution in [0.25, 0.3) is 0 Å². The third-order valence-corrected chi connectivity index (χ3v) is 4.10. The number of ether oxygens (including phenoxy) is 1. The van der Waals surface area contributed by atoms with Crippen LogP contribution < -0.4 is 4.72 Å². The van der Waals surface area contributed by atoms with Gasteiger partial charge in [-0.1, -0.05) is 0 Å². The maximum absolute atomic E-state index is 12.1. The van der Waals surface area contributed by atoms with E-state index in [0.29, 0.717) is 5.56 Å². The molecular formula is C11H18N2O4S. The Hall–Kier alpha value is -1.34. The van der Waals surface area contributed by atoms with Crippen LogP contribution in [0.2, 0.25) is 0 Å². The molecule has 1 aromatic rings. The molecule has 1 aromatic heterocycles. The number of H-pyrrole nitrogens is 1. The first-order valence-electron chi connectivity index (χ1n) is 5.39. The largest absolute Gasteiger partial charge is 0.464 e. The lowest BCUT2D eigenvalue weighted by molar-refractivity contribution is 0.0594. The van der Waals surface area contributed by atoms with Crippen LogP contribution in [0.1, 0.15) is 36.8 Å². The average Bonchev–Trinajstić information content (AvgIpc) is 2.56. The van der Waals surface area contributed by atoms with Gasteiger partial charge in [-0.3, -0.25) is 0 Å². The van der Waals surface area contributed by atoms with E-state index in [1.165, 1.54) is 13.3 Å². The highest BCUT2D eigenvalue weighted by Crippen LogP contribution is 2.20. The summed E-state index contributed by atoms with van der Waals surface area (Å²) in [5, 5.41) is 0. The van der Waals surface area contributed by atoms with Crippen molar-refractivity contribution in [1.29, 1.82) is 0 Å². The SMILES string of the molecule is COC(=O)c1[nH]cc(S(=O)(=O)NC(C)(C)C)c1C. The van der Waals surface area contributed by atoms with Crippen molar-refractivity contribution in [1.82, 2.24) is 9.71 Å². The lowest BCUT2D eigenvalue weighted by atomic mass is 10.1. The van der Waals surface area contributed by atoms with E-state index in [4.69, 9.17) is 0 Å². The summed E-state index contributed by atoms with van der Waals surface area (Å²) in [7, 11) is -2.42. The van der Waals surface area contributed by atoms with E-state index >= 15 is 0 Å². The Labute approximate surface area is 107 Å². The molecule has 2 N–H and O–H groups in total. The molecule has 0 aliphatic heterocycles. The number of hydrogen-bond donors (Lipinski definition) is 2. The van der Waals surface area contributed by atoms with Gasteiger partial charge in [-0.2, -0.15) is 0 Å². The first-order chi connectivity index (χ1) is 8.08. The van der Waals surface area contributed by atoms with Gasteiger partial charge in [0, 0.05) is 17.3 Å². The molecule has 0 bridgehead atoms. The predicted molar refractivity (Wildman–Crippen MR) is 66.9 cm³/mol. The van der Waals surface area contributed by atoms with E-state index in [-0.39, 0.29) is 10.6 Å². The summed E-state index contributed by atoms with van der Waals surface area (Å²) >= 11 is 0. The third kappa shape index (κ3) is 3.11. The minimum Gasteiger partial charge on any atom is -0.464 e. The minimum absolute atomic E-state index is 0.0535. The van der Waals surface area contributed by atoms with E-state index < -0.39 is 21.5 Å². The Morgan fingerprint density at radius 2 is 1.94 bits per heavy atom. The van der Waals surface area contributed by atoms with Crippen LogP contribution in [-0.4, -0.2) is 32.0 Å². The first-order valence-corrected chi connectivity index (χ1v) is 6.87. The fourth-order valence-corrected chi connectivity index (χ4v) is 3.16. The summed E-state index contributed by atoms with van der Waals surface area (Å²) in [5.74, 6) is -0.593. The van der Waals surface area contributed by atoms with Crippen LogP contribution in [-0.2, 0) is 14.8 Å². The lowest BCUT2D eigenvalue weighted by Gasteiger charge is -2.20. The molecule has 0 saturated carbocycles. The topological polar surface area (TPSA) is 88.3 Å². The fourth-order valence-electron chi connectivity index (χ4n) is 1.53. The highest BCUT2D eigenvalue weighted by molar-refractivity contribution is 7.89. The van der Waals surface area contributed by atoms with Crippen molar-refractivity contribution in [2.45, 2.75) is 38.1 Å². The normalized spacial score (nSPS) is 12.5. The molecule has 0 fully saturated rings. The summed E-state index contributed by atoms with van der Waals surface area (Å²) in [6, 6.07) is 0. The van der Waals surface area contributed by atoms with Gasteiger partial charge in [0.05, 0.1) is 7.11 Å². The Kier molecular flexibility index (Phi) is 3.87. The predicted octanol–water partition coefficient (Wildman–Crippen LogP) is 1.19. The van der Waals surface area contributed by atoms with Crippen molar-refractivity contribution in [2.75, 3.05) is 7.11 Å². The lowest BCUT2D eigenvalue weighted by Crippen LogP contribution is -2.40. The van der Waals surface area contributed by atoms with Crippen molar-refractivity contribution in [2.24, 2.45) is 0 Å². The third-order valence-electron chi connectivity index (χ3n) is 2.21. The van der Waals surface area contributed by atoms with Crippen molar-refractivity contribution in [3.8, 4) is 0 Å². The molecule has 0 aliphatic carbocycles. The van der Waals surface area contributed by atoms with Crippen LogP contribution >= 0.6 is 0 Å². The zero-order chi connectivity index (χ0) is 14.1. The number of aromatic nitrogens is 1. The van der Waals surface area contributed by atoms with Gasteiger partial charge in [0.1, 0.15) is 10.6 Å². The van der Waals surface area contributed by atoms with Gasteiger partial charge in [-0.25, -0.2) is 17.9 Å². The summed E-state index contributed by atoms with van der Waals surface area (Å²) in [6.45, 7) is 6.79. The van der Waals surface area contributed by atoms with E-state index in [2.05, 4.69) is 14.4 Å². The van der Waals surface area contributed by atoms with E-state index in [1.54, 1.807) is 27.7 Å². The summed E-state index contributed by atoms with van der Waals surface area (Å²) in [6.07, 6.45) is 1.29. The number of carbonyl (C=O) groups is 1. The number of esters is 1. The second-order valence-electron chi connectivity index (χ2n) is 5.00. The molecule has 0 spiro atoms. The van der Waals surface area contributed by atoms with Gasteiger partial charge < -0.3 is 9.72 Å². The van der Waals surface area contributed by atoms with Crippen LogP contribution in [0.4, 0.5) is 0 Å². The number of rotatable bonds is 3. The zero-order valence-electron chi connectivity index (χ0n) is 11.1. The van der Waals surface area contributed by atoms with Gasteiger partial charge in [-0.05, 0) is 27.7 Å². The molecular weight excluding hydrogens is 256 g/mol. The van der Waals surface area contributed by atoms with Crippen molar-refractivity contribution < 1.29 is 17.9 Å². The second-order valence-corrected chi connectivity index (χ2v) is 6.65. The summed E-state index contributed by atoms with van der Waals surface area (Å²) in [4.78, 5) is 14.1. The summed E-state index contributed by atoms with van der Waals surface area (Å²) in [5.41, 5.74) is -0.0982. The number of carbonyl (C=O) groups excluding carboxylic acids is 1. The van der Waals surface area contributed by atoms with Crippen LogP contribution in [0.5, 0.6) is 0 Å². The van der Waals surface area contributed by atoms with Gasteiger partial charge in [0.25, 0.3) is 0 Å². The van der Waals surface area contributed by atoms with Crippen molar-refractivity contribution in [3.63, 3.8) is 0 Å². The van der Waals surface area contributed by atoms with Gasteiger partial charge >= 0.3 is 5.97 Å². The van der Waals surface area contributed by atoms with Crippen LogP contribution in [0.3, 0.4) is 0 Å². The number of methoxy groups -OCH3 is 1. The Morgan fingerprint density at radius 3 is 2.39 bits per heavy atom. The highest BCUT2D eigenvalue weighted by atomic mass is 32.2. The van der Waals surface area contributed by atoms with Crippen LogP contribution in [0.15, 0.2) is 11.1 Å². The van der Waals surface area contributed by atoms with Crippen LogP contribution in [0, 0.1) is 6.92 Å². The Morgan fingerprint density at radius 1 is 1.39 bits per heavy atom. The standard InChI is InChI=1S/C11H18N2O4S/c1-7-8(6-12-9(7)10(14)17-5)18(15,16)13-11(2,3)4/h6,12-13H,1-5H3. The molecule has 0 atom stereocenters. The molecule has 0 aromatic carbocycles. The molecule has 0 aliphatic rings. The maximum Gasteiger partial charge on any atom is 0.354 e. The van der Waals surface area contributed by atoms with E-state index in [0.717, 1.165) is 0 Å². The number of hydrogen-bond acceptors (Lipinski definition) is 4. The van der Waals surface area contributed by atoms with Gasteiger partial charge in [0.15, 0.2) is 0 Å². The smallest absolute Gasteiger partial charge is 0.354 e. The first kappa shape index (κ1) is 14.7. The number of aromatic amines is 1. The zero-order valence-corrected chi connectivity index (χ0v) is 11.9. The molecule has 1 heterocycles. The minimum atomic E-state index is -3.66. The molecule has 18 heavy (non-hydrogen) atoms. The molecule has 7 heteroatoms. The Bertz CT molecular complexity index is 552. The second kappa shape index (κ2) is 4.74. The van der Waals surface area contributed by atoms with E-state index in [1.807, 2.05) is 0 Å². The number of sulfonamides is 1.